The lowest BCUT2D eigenvalue weighted by Crippen LogP contribution is -2.38. The maximum atomic E-state index is 11.3. The molecule has 5 heteroatoms. The molecule has 0 radical (unpaired) electrons. The number of carbonyl (C=O) groups is 2. The van der Waals surface area contributed by atoms with Crippen LogP contribution in [-0.2, 0) is 19.1 Å². The van der Waals surface area contributed by atoms with Gasteiger partial charge < -0.3 is 14.6 Å². The molecule has 4 atom stereocenters. The van der Waals surface area contributed by atoms with Crippen molar-refractivity contribution in [2.45, 2.75) is 25.0 Å². The highest BCUT2D eigenvalue weighted by Gasteiger charge is 2.51. The molecular weight excluding hydrogens is 188 g/mol. The van der Waals surface area contributed by atoms with Gasteiger partial charge in [0.2, 0.25) is 0 Å². The van der Waals surface area contributed by atoms with Gasteiger partial charge in [-0.1, -0.05) is 0 Å². The minimum Gasteiger partial charge on any atom is -0.469 e. The van der Waals surface area contributed by atoms with Crippen LogP contribution in [0.4, 0.5) is 0 Å². The van der Waals surface area contributed by atoms with E-state index in [1.165, 1.54) is 7.11 Å². The summed E-state index contributed by atoms with van der Waals surface area (Å²) in [5, 5.41) is 9.54. The molecule has 0 aromatic heterocycles. The molecule has 2 aliphatic rings. The SMILES string of the molecule is COC(=O)C1CC(O)C2CC1C(=O)O2. The van der Waals surface area contributed by atoms with Crippen molar-refractivity contribution in [3.05, 3.63) is 0 Å². The van der Waals surface area contributed by atoms with Crippen molar-refractivity contribution in [1.82, 2.24) is 0 Å². The van der Waals surface area contributed by atoms with Crippen LogP contribution in [0.15, 0.2) is 0 Å². The van der Waals surface area contributed by atoms with Crippen molar-refractivity contribution in [2.24, 2.45) is 11.8 Å². The van der Waals surface area contributed by atoms with E-state index in [2.05, 4.69) is 4.74 Å². The number of aliphatic hydroxyl groups is 1. The third-order valence-electron chi connectivity index (χ3n) is 2.97. The summed E-state index contributed by atoms with van der Waals surface area (Å²) < 4.78 is 9.50. The summed E-state index contributed by atoms with van der Waals surface area (Å²) in [4.78, 5) is 22.6. The minimum absolute atomic E-state index is 0.258. The summed E-state index contributed by atoms with van der Waals surface area (Å²) in [6.07, 6.45) is -0.469. The molecule has 0 aromatic rings. The highest BCUT2D eigenvalue weighted by Crippen LogP contribution is 2.39. The molecule has 5 nitrogen and oxygen atoms in total. The van der Waals surface area contributed by atoms with Crippen LogP contribution in [0.2, 0.25) is 0 Å². The molecule has 0 spiro atoms. The topological polar surface area (TPSA) is 72.8 Å². The molecule has 1 heterocycles. The van der Waals surface area contributed by atoms with E-state index in [0.29, 0.717) is 6.42 Å². The van der Waals surface area contributed by atoms with Gasteiger partial charge in [0.05, 0.1) is 25.0 Å². The molecule has 1 saturated carbocycles. The van der Waals surface area contributed by atoms with Gasteiger partial charge in [0, 0.05) is 6.42 Å². The smallest absolute Gasteiger partial charge is 0.310 e. The first-order valence-corrected chi connectivity index (χ1v) is 4.60. The van der Waals surface area contributed by atoms with E-state index < -0.39 is 30.0 Å². The van der Waals surface area contributed by atoms with Gasteiger partial charge in [0.25, 0.3) is 0 Å². The first kappa shape index (κ1) is 9.45. The Hall–Kier alpha value is -1.10. The van der Waals surface area contributed by atoms with Crippen molar-refractivity contribution in [1.29, 1.82) is 0 Å². The van der Waals surface area contributed by atoms with Crippen LogP contribution in [0.25, 0.3) is 0 Å². The normalized spacial score (nSPS) is 40.6. The number of aliphatic hydroxyl groups excluding tert-OH is 1. The molecule has 0 aromatic carbocycles. The number of esters is 2. The molecule has 14 heavy (non-hydrogen) atoms. The second-order valence-corrected chi connectivity index (χ2v) is 3.75. The molecule has 1 N–H and O–H groups in total. The first-order valence-electron chi connectivity index (χ1n) is 4.60. The molecule has 78 valence electrons. The maximum absolute atomic E-state index is 11.3. The molecule has 2 rings (SSSR count). The minimum atomic E-state index is -0.734. The van der Waals surface area contributed by atoms with Crippen LogP contribution in [0.1, 0.15) is 12.8 Å². The number of ether oxygens (including phenoxy) is 2. The third kappa shape index (κ3) is 1.28. The lowest BCUT2D eigenvalue weighted by molar-refractivity contribution is -0.153. The fourth-order valence-corrected chi connectivity index (χ4v) is 2.18. The summed E-state index contributed by atoms with van der Waals surface area (Å²) in [6, 6.07) is 0. The van der Waals surface area contributed by atoms with E-state index in [4.69, 9.17) is 4.74 Å². The van der Waals surface area contributed by atoms with Gasteiger partial charge >= 0.3 is 11.9 Å². The van der Waals surface area contributed by atoms with Crippen LogP contribution in [-0.4, -0.2) is 36.4 Å². The second-order valence-electron chi connectivity index (χ2n) is 3.75. The van der Waals surface area contributed by atoms with E-state index >= 15 is 0 Å². The van der Waals surface area contributed by atoms with Gasteiger partial charge in [-0.2, -0.15) is 0 Å². The van der Waals surface area contributed by atoms with Crippen molar-refractivity contribution in [3.63, 3.8) is 0 Å². The highest BCUT2D eigenvalue weighted by molar-refractivity contribution is 5.84. The van der Waals surface area contributed by atoms with Gasteiger partial charge in [-0.3, -0.25) is 9.59 Å². The summed E-state index contributed by atoms with van der Waals surface area (Å²) >= 11 is 0. The largest absolute Gasteiger partial charge is 0.469 e. The Morgan fingerprint density at radius 2 is 2.29 bits per heavy atom. The fraction of sp³-hybridized carbons (Fsp3) is 0.778. The van der Waals surface area contributed by atoms with Crippen LogP contribution < -0.4 is 0 Å². The van der Waals surface area contributed by atoms with Crippen molar-refractivity contribution < 1.29 is 24.2 Å². The first-order chi connectivity index (χ1) is 6.63. The number of hydrogen-bond acceptors (Lipinski definition) is 5. The Balaban J connectivity index is 2.18. The lowest BCUT2D eigenvalue weighted by Gasteiger charge is -2.26. The van der Waals surface area contributed by atoms with Crippen molar-refractivity contribution in [3.8, 4) is 0 Å². The number of methoxy groups -OCH3 is 1. The molecule has 0 amide bonds. The van der Waals surface area contributed by atoms with Gasteiger partial charge in [0.1, 0.15) is 6.10 Å². The highest BCUT2D eigenvalue weighted by atomic mass is 16.6. The summed E-state index contributed by atoms with van der Waals surface area (Å²) in [7, 11) is 1.28. The van der Waals surface area contributed by atoms with Crippen LogP contribution in [0, 0.1) is 11.8 Å². The summed E-state index contributed by atoms with van der Waals surface area (Å²) in [5.41, 5.74) is 0. The zero-order valence-corrected chi connectivity index (χ0v) is 7.80. The average Bonchev–Trinajstić information content (AvgIpc) is 2.50. The van der Waals surface area contributed by atoms with Crippen LogP contribution in [0.5, 0.6) is 0 Å². The predicted octanol–water partition coefficient (Wildman–Crippen LogP) is -0.528. The van der Waals surface area contributed by atoms with Gasteiger partial charge in [-0.25, -0.2) is 0 Å². The summed E-state index contributed by atoms with van der Waals surface area (Å²) in [6.45, 7) is 0. The van der Waals surface area contributed by atoms with Gasteiger partial charge in [-0.05, 0) is 6.42 Å². The molecule has 2 bridgehead atoms. The van der Waals surface area contributed by atoms with Crippen molar-refractivity contribution >= 4 is 11.9 Å². The number of fused-ring (bicyclic) bond motifs is 2. The van der Waals surface area contributed by atoms with Crippen LogP contribution >= 0.6 is 0 Å². The Kier molecular flexibility index (Phi) is 2.19. The molecule has 1 aliphatic heterocycles. The molecular formula is C9H12O5. The average molecular weight is 200 g/mol. The molecule has 1 saturated heterocycles. The Morgan fingerprint density at radius 3 is 2.93 bits per heavy atom. The zero-order valence-electron chi connectivity index (χ0n) is 7.80. The summed E-state index contributed by atoms with van der Waals surface area (Å²) in [5.74, 6) is -1.79. The number of rotatable bonds is 1. The van der Waals surface area contributed by atoms with Crippen LogP contribution in [0.3, 0.4) is 0 Å². The molecule has 4 unspecified atom stereocenters. The fourth-order valence-electron chi connectivity index (χ4n) is 2.18. The lowest BCUT2D eigenvalue weighted by atomic mass is 9.78. The Labute approximate surface area is 81.0 Å². The Morgan fingerprint density at radius 1 is 1.57 bits per heavy atom. The van der Waals surface area contributed by atoms with Gasteiger partial charge in [0.15, 0.2) is 0 Å². The number of hydrogen-bond donors (Lipinski definition) is 1. The second kappa shape index (κ2) is 3.24. The van der Waals surface area contributed by atoms with E-state index in [1.54, 1.807) is 0 Å². The Bertz CT molecular complexity index is 274. The maximum Gasteiger partial charge on any atom is 0.310 e. The van der Waals surface area contributed by atoms with Crippen molar-refractivity contribution in [2.75, 3.05) is 7.11 Å². The molecule has 2 fully saturated rings. The van der Waals surface area contributed by atoms with E-state index in [0.717, 1.165) is 0 Å². The van der Waals surface area contributed by atoms with E-state index in [9.17, 15) is 14.7 Å². The quantitative estimate of drug-likeness (QED) is 0.576. The molecule has 1 aliphatic carbocycles. The predicted molar refractivity (Wildman–Crippen MR) is 44.1 cm³/mol. The van der Waals surface area contributed by atoms with E-state index in [1.807, 2.05) is 0 Å². The third-order valence-corrected chi connectivity index (χ3v) is 2.97. The zero-order chi connectivity index (χ0) is 10.3. The monoisotopic (exact) mass is 200 g/mol. The number of carbonyl (C=O) groups excluding carboxylic acids is 2. The van der Waals surface area contributed by atoms with Gasteiger partial charge in [-0.15, -0.1) is 0 Å². The van der Waals surface area contributed by atoms with E-state index in [-0.39, 0.29) is 12.4 Å². The standard InChI is InChI=1S/C9H12O5/c1-13-8(11)4-2-6(10)7-3-5(4)9(12)14-7/h4-7,10H,2-3H2,1H3.